The monoisotopic (exact) mass is 231 g/mol. The largest absolute Gasteiger partial charge is 0.198 e. The fourth-order valence-electron chi connectivity index (χ4n) is 3.76. The van der Waals surface area contributed by atoms with E-state index >= 15 is 0 Å². The predicted octanol–water partition coefficient (Wildman–Crippen LogP) is 3.81. The highest BCUT2D eigenvalue weighted by atomic mass is 14.5. The third kappa shape index (κ3) is 1.10. The zero-order valence-corrected chi connectivity index (χ0v) is 10.0. The summed E-state index contributed by atoms with van der Waals surface area (Å²) in [6.07, 6.45) is 0.981. The summed E-state index contributed by atoms with van der Waals surface area (Å²) >= 11 is 0. The Balaban J connectivity index is 2.04. The van der Waals surface area contributed by atoms with Gasteiger partial charge in [-0.3, -0.25) is 0 Å². The van der Waals surface area contributed by atoms with Gasteiger partial charge in [-0.15, -0.1) is 0 Å². The molecule has 0 spiro atoms. The molecule has 1 unspecified atom stereocenters. The molecule has 0 saturated heterocycles. The first-order valence-corrected chi connectivity index (χ1v) is 6.47. The molecule has 0 saturated carbocycles. The number of benzene rings is 2. The van der Waals surface area contributed by atoms with Crippen molar-refractivity contribution in [3.05, 3.63) is 70.8 Å². The van der Waals surface area contributed by atoms with Gasteiger partial charge in [0.05, 0.1) is 12.0 Å². The lowest BCUT2D eigenvalue weighted by atomic mass is 9.59. The highest BCUT2D eigenvalue weighted by molar-refractivity contribution is 5.56. The van der Waals surface area contributed by atoms with Crippen LogP contribution in [-0.2, 0) is 0 Å². The predicted molar refractivity (Wildman–Crippen MR) is 70.3 cm³/mol. The summed E-state index contributed by atoms with van der Waals surface area (Å²) in [4.78, 5) is 0. The van der Waals surface area contributed by atoms with E-state index in [2.05, 4.69) is 54.6 Å². The zero-order valence-electron chi connectivity index (χ0n) is 10.0. The molecule has 0 N–H and O–H groups in total. The van der Waals surface area contributed by atoms with Crippen LogP contribution >= 0.6 is 0 Å². The van der Waals surface area contributed by atoms with Gasteiger partial charge in [-0.2, -0.15) is 5.26 Å². The van der Waals surface area contributed by atoms with E-state index in [0.717, 1.165) is 6.42 Å². The highest BCUT2D eigenvalue weighted by Gasteiger charge is 2.42. The lowest BCUT2D eigenvalue weighted by Crippen LogP contribution is -2.31. The van der Waals surface area contributed by atoms with Crippen molar-refractivity contribution in [2.24, 2.45) is 5.92 Å². The van der Waals surface area contributed by atoms with Gasteiger partial charge in [0, 0.05) is 11.8 Å². The van der Waals surface area contributed by atoms with E-state index in [0.29, 0.717) is 5.92 Å². The quantitative estimate of drug-likeness (QED) is 0.676. The Hall–Kier alpha value is -2.07. The van der Waals surface area contributed by atoms with Gasteiger partial charge in [0.1, 0.15) is 0 Å². The normalized spacial score (nSPS) is 27.2. The second-order valence-corrected chi connectivity index (χ2v) is 5.26. The Morgan fingerprint density at radius 1 is 0.833 bits per heavy atom. The third-order valence-corrected chi connectivity index (χ3v) is 4.47. The molecular weight excluding hydrogens is 218 g/mol. The molecule has 3 aliphatic rings. The van der Waals surface area contributed by atoms with Crippen LogP contribution in [0, 0.1) is 17.2 Å². The molecule has 0 aliphatic heterocycles. The molecule has 0 heterocycles. The van der Waals surface area contributed by atoms with Crippen LogP contribution in [0.5, 0.6) is 0 Å². The molecule has 1 nitrogen and oxygen atoms in total. The summed E-state index contributed by atoms with van der Waals surface area (Å²) in [6.45, 7) is 0. The molecule has 1 heteroatoms. The standard InChI is InChI=1S/C17H13N/c18-10-11-9-16-12-5-1-3-7-14(12)17(11)15-8-4-2-6-13(15)16/h1-8,11,16-17H,9H2. The van der Waals surface area contributed by atoms with E-state index in [4.69, 9.17) is 0 Å². The lowest BCUT2D eigenvalue weighted by Gasteiger charge is -2.43. The van der Waals surface area contributed by atoms with Crippen molar-refractivity contribution in [3.63, 3.8) is 0 Å². The van der Waals surface area contributed by atoms with Gasteiger partial charge < -0.3 is 0 Å². The van der Waals surface area contributed by atoms with Gasteiger partial charge in [0.2, 0.25) is 0 Å². The van der Waals surface area contributed by atoms with E-state index in [1.54, 1.807) is 0 Å². The summed E-state index contributed by atoms with van der Waals surface area (Å²) in [5.41, 5.74) is 5.62. The third-order valence-electron chi connectivity index (χ3n) is 4.47. The molecule has 3 aliphatic carbocycles. The van der Waals surface area contributed by atoms with Crippen molar-refractivity contribution < 1.29 is 0 Å². The molecule has 0 amide bonds. The van der Waals surface area contributed by atoms with Crippen molar-refractivity contribution in [1.82, 2.24) is 0 Å². The van der Waals surface area contributed by atoms with Crippen molar-refractivity contribution in [2.75, 3.05) is 0 Å². The minimum absolute atomic E-state index is 0.139. The first-order valence-electron chi connectivity index (χ1n) is 6.47. The van der Waals surface area contributed by atoms with Crippen LogP contribution in [0.2, 0.25) is 0 Å². The molecule has 2 aromatic rings. The Morgan fingerprint density at radius 2 is 1.33 bits per heavy atom. The average Bonchev–Trinajstić information content (AvgIpc) is 2.47. The van der Waals surface area contributed by atoms with Crippen LogP contribution in [0.1, 0.15) is 40.5 Å². The Labute approximate surface area is 107 Å². The molecule has 5 rings (SSSR count). The van der Waals surface area contributed by atoms with E-state index in [9.17, 15) is 5.26 Å². The fourth-order valence-corrected chi connectivity index (χ4v) is 3.76. The second kappa shape index (κ2) is 3.46. The van der Waals surface area contributed by atoms with Gasteiger partial charge >= 0.3 is 0 Å². The number of hydrogen-bond acceptors (Lipinski definition) is 1. The van der Waals surface area contributed by atoms with Gasteiger partial charge in [0.15, 0.2) is 0 Å². The van der Waals surface area contributed by atoms with Crippen LogP contribution in [-0.4, -0.2) is 0 Å². The van der Waals surface area contributed by atoms with Crippen LogP contribution in [0.4, 0.5) is 0 Å². The summed E-state index contributed by atoms with van der Waals surface area (Å²) < 4.78 is 0. The average molecular weight is 231 g/mol. The van der Waals surface area contributed by atoms with Crippen LogP contribution < -0.4 is 0 Å². The van der Waals surface area contributed by atoms with E-state index in [1.165, 1.54) is 22.3 Å². The SMILES string of the molecule is N#CC1CC2c3ccccc3C1c1ccccc12. The van der Waals surface area contributed by atoms with Crippen LogP contribution in [0.15, 0.2) is 48.5 Å². The van der Waals surface area contributed by atoms with E-state index in [1.807, 2.05) is 0 Å². The molecule has 2 bridgehead atoms. The summed E-state index contributed by atoms with van der Waals surface area (Å²) in [6, 6.07) is 19.8. The van der Waals surface area contributed by atoms with Crippen molar-refractivity contribution >= 4 is 0 Å². The molecule has 1 atom stereocenters. The minimum Gasteiger partial charge on any atom is -0.198 e. The highest BCUT2D eigenvalue weighted by Crippen LogP contribution is 2.54. The summed E-state index contributed by atoms with van der Waals surface area (Å²) in [7, 11) is 0. The van der Waals surface area contributed by atoms with Crippen LogP contribution in [0.25, 0.3) is 0 Å². The first kappa shape index (κ1) is 9.91. The lowest BCUT2D eigenvalue weighted by molar-refractivity contribution is 0.431. The number of fused-ring (bicyclic) bond motifs is 1. The molecule has 0 aromatic heterocycles. The number of rotatable bonds is 0. The van der Waals surface area contributed by atoms with Gasteiger partial charge in [-0.05, 0) is 28.7 Å². The Morgan fingerprint density at radius 3 is 1.83 bits per heavy atom. The Kier molecular flexibility index (Phi) is 1.91. The topological polar surface area (TPSA) is 23.8 Å². The molecule has 0 fully saturated rings. The van der Waals surface area contributed by atoms with Crippen LogP contribution in [0.3, 0.4) is 0 Å². The van der Waals surface area contributed by atoms with Crippen molar-refractivity contribution in [2.45, 2.75) is 18.3 Å². The first-order chi connectivity index (χ1) is 8.90. The molecule has 18 heavy (non-hydrogen) atoms. The minimum atomic E-state index is 0.139. The van der Waals surface area contributed by atoms with Crippen molar-refractivity contribution in [3.8, 4) is 6.07 Å². The van der Waals surface area contributed by atoms with Gasteiger partial charge in [-0.25, -0.2) is 0 Å². The smallest absolute Gasteiger partial charge is 0.0666 e. The molecule has 0 radical (unpaired) electrons. The maximum absolute atomic E-state index is 9.41. The van der Waals surface area contributed by atoms with Gasteiger partial charge in [-0.1, -0.05) is 48.5 Å². The van der Waals surface area contributed by atoms with E-state index < -0.39 is 0 Å². The zero-order chi connectivity index (χ0) is 12.1. The summed E-state index contributed by atoms with van der Waals surface area (Å²) in [5, 5.41) is 9.41. The molecule has 86 valence electrons. The number of hydrogen-bond donors (Lipinski definition) is 0. The number of nitriles is 1. The van der Waals surface area contributed by atoms with Gasteiger partial charge in [0.25, 0.3) is 0 Å². The van der Waals surface area contributed by atoms with Crippen molar-refractivity contribution in [1.29, 1.82) is 5.26 Å². The second-order valence-electron chi connectivity index (χ2n) is 5.26. The summed E-state index contributed by atoms with van der Waals surface area (Å²) in [5.74, 6) is 0.847. The Bertz CT molecular complexity index is 618. The maximum Gasteiger partial charge on any atom is 0.0666 e. The fraction of sp³-hybridized carbons (Fsp3) is 0.235. The molecular formula is C17H13N. The number of nitrogens with zero attached hydrogens (tertiary/aromatic N) is 1. The maximum atomic E-state index is 9.41. The molecule has 2 aromatic carbocycles. The van der Waals surface area contributed by atoms with E-state index in [-0.39, 0.29) is 11.8 Å².